The third kappa shape index (κ3) is 5.52. The van der Waals surface area contributed by atoms with Crippen LogP contribution >= 0.6 is 11.6 Å². The lowest BCUT2D eigenvalue weighted by atomic mass is 10.0. The fourth-order valence-electron chi connectivity index (χ4n) is 3.43. The third-order valence-corrected chi connectivity index (χ3v) is 5.44. The number of nitrogens with zero attached hydrogens (tertiary/aromatic N) is 1. The number of primary amides is 1. The lowest BCUT2D eigenvalue weighted by Crippen LogP contribution is -2.14. The van der Waals surface area contributed by atoms with E-state index in [1.807, 2.05) is 0 Å². The normalized spacial score (nSPS) is 11.3. The first-order chi connectivity index (χ1) is 16.6. The molecular weight excluding hydrogens is 483 g/mol. The van der Waals surface area contributed by atoms with Gasteiger partial charge in [0, 0.05) is 17.4 Å². The molecule has 0 radical (unpaired) electrons. The maximum Gasteiger partial charge on any atom is 0.417 e. The van der Waals surface area contributed by atoms with Crippen LogP contribution in [0.25, 0.3) is 10.8 Å². The van der Waals surface area contributed by atoms with Crippen LogP contribution in [0.15, 0.2) is 72.9 Å². The van der Waals surface area contributed by atoms with E-state index in [-0.39, 0.29) is 23.6 Å². The van der Waals surface area contributed by atoms with E-state index < -0.39 is 28.6 Å². The lowest BCUT2D eigenvalue weighted by molar-refractivity contribution is -0.137. The molecular formula is C25H17ClF3N3O3. The van der Waals surface area contributed by atoms with Gasteiger partial charge in [0.2, 0.25) is 0 Å². The number of ether oxygens (including phenoxy) is 1. The van der Waals surface area contributed by atoms with Gasteiger partial charge in [-0.2, -0.15) is 13.2 Å². The Morgan fingerprint density at radius 2 is 1.83 bits per heavy atom. The highest BCUT2D eigenvalue weighted by molar-refractivity contribution is 6.31. The fraction of sp³-hybridized carbons (Fsp3) is 0.0800. The molecule has 0 unspecified atom stereocenters. The summed E-state index contributed by atoms with van der Waals surface area (Å²) in [5, 5.41) is 3.32. The van der Waals surface area contributed by atoms with Crippen LogP contribution in [0.1, 0.15) is 32.0 Å². The predicted molar refractivity (Wildman–Crippen MR) is 125 cm³/mol. The van der Waals surface area contributed by atoms with Crippen molar-refractivity contribution in [2.75, 3.05) is 5.32 Å². The van der Waals surface area contributed by atoms with Crippen LogP contribution in [0.3, 0.4) is 0 Å². The number of aromatic nitrogens is 1. The summed E-state index contributed by atoms with van der Waals surface area (Å²) >= 11 is 5.65. The number of hydrogen-bond acceptors (Lipinski definition) is 4. The van der Waals surface area contributed by atoms with Crippen molar-refractivity contribution in [1.29, 1.82) is 0 Å². The molecule has 178 valence electrons. The fourth-order valence-corrected chi connectivity index (χ4v) is 3.66. The molecule has 4 aromatic rings. The Balaban J connectivity index is 1.54. The van der Waals surface area contributed by atoms with Crippen molar-refractivity contribution in [3.05, 3.63) is 100 Å². The zero-order valence-corrected chi connectivity index (χ0v) is 18.7. The van der Waals surface area contributed by atoms with Gasteiger partial charge in [0.1, 0.15) is 18.1 Å². The number of fused-ring (bicyclic) bond motifs is 1. The number of hydrogen-bond donors (Lipinski definition) is 2. The molecule has 2 amide bonds. The SMILES string of the molecule is NC(=O)c1cc(COc2ccc3c(C(=O)Nc4ccc(Cl)c(C(F)(F)F)c4)cccc3c2)ccn1. The highest BCUT2D eigenvalue weighted by atomic mass is 35.5. The van der Waals surface area contributed by atoms with Crippen molar-refractivity contribution in [2.24, 2.45) is 5.73 Å². The van der Waals surface area contributed by atoms with Crippen LogP contribution in [0, 0.1) is 0 Å². The van der Waals surface area contributed by atoms with Gasteiger partial charge in [-0.3, -0.25) is 14.6 Å². The summed E-state index contributed by atoms with van der Waals surface area (Å²) < 4.78 is 45.2. The number of halogens is 4. The molecule has 0 bridgehead atoms. The van der Waals surface area contributed by atoms with Crippen molar-refractivity contribution in [2.45, 2.75) is 12.8 Å². The molecule has 3 N–H and O–H groups in total. The molecule has 35 heavy (non-hydrogen) atoms. The van der Waals surface area contributed by atoms with Crippen molar-refractivity contribution in [3.63, 3.8) is 0 Å². The molecule has 0 saturated carbocycles. The van der Waals surface area contributed by atoms with E-state index in [2.05, 4.69) is 10.3 Å². The minimum absolute atomic E-state index is 0.0311. The van der Waals surface area contributed by atoms with Crippen LogP contribution in [-0.2, 0) is 12.8 Å². The van der Waals surface area contributed by atoms with Crippen molar-refractivity contribution < 1.29 is 27.5 Å². The summed E-state index contributed by atoms with van der Waals surface area (Å²) in [6.45, 7) is 0.159. The van der Waals surface area contributed by atoms with Gasteiger partial charge in [-0.1, -0.05) is 23.7 Å². The van der Waals surface area contributed by atoms with Crippen LogP contribution in [0.5, 0.6) is 5.75 Å². The number of benzene rings is 3. The maximum atomic E-state index is 13.1. The van der Waals surface area contributed by atoms with E-state index in [1.54, 1.807) is 42.5 Å². The molecule has 1 aromatic heterocycles. The second-order valence-corrected chi connectivity index (χ2v) is 7.94. The maximum absolute atomic E-state index is 13.1. The Kier molecular flexibility index (Phi) is 6.61. The van der Waals surface area contributed by atoms with E-state index in [0.717, 1.165) is 12.1 Å². The molecule has 0 saturated heterocycles. The lowest BCUT2D eigenvalue weighted by Gasteiger charge is -2.13. The molecule has 1 heterocycles. The number of amides is 2. The van der Waals surface area contributed by atoms with Crippen LogP contribution in [0.4, 0.5) is 18.9 Å². The second kappa shape index (κ2) is 9.63. The molecule has 0 fully saturated rings. The van der Waals surface area contributed by atoms with Gasteiger partial charge in [0.15, 0.2) is 0 Å². The Morgan fingerprint density at radius 1 is 1.03 bits per heavy atom. The molecule has 10 heteroatoms. The number of nitrogens with two attached hydrogens (primary N) is 1. The van der Waals surface area contributed by atoms with E-state index in [9.17, 15) is 22.8 Å². The zero-order chi connectivity index (χ0) is 25.2. The molecule has 6 nitrogen and oxygen atoms in total. The van der Waals surface area contributed by atoms with Crippen LogP contribution < -0.4 is 15.8 Å². The van der Waals surface area contributed by atoms with Gasteiger partial charge >= 0.3 is 6.18 Å². The number of anilines is 1. The van der Waals surface area contributed by atoms with Gasteiger partial charge in [-0.05, 0) is 70.9 Å². The molecule has 0 aliphatic rings. The number of rotatable bonds is 6. The Labute approximate surface area is 202 Å². The molecule has 3 aromatic carbocycles. The largest absolute Gasteiger partial charge is 0.489 e. The summed E-state index contributed by atoms with van der Waals surface area (Å²) in [6, 6.07) is 16.5. The Bertz CT molecular complexity index is 1440. The smallest absolute Gasteiger partial charge is 0.417 e. The molecule has 0 spiro atoms. The summed E-state index contributed by atoms with van der Waals surface area (Å²) in [4.78, 5) is 28.0. The van der Waals surface area contributed by atoms with Gasteiger partial charge < -0.3 is 15.8 Å². The number of carbonyl (C=O) groups excluding carboxylic acids is 2. The Morgan fingerprint density at radius 3 is 2.57 bits per heavy atom. The molecule has 0 aliphatic heterocycles. The first kappa shape index (κ1) is 24.0. The Hall–Kier alpha value is -4.11. The summed E-state index contributed by atoms with van der Waals surface area (Å²) in [5.74, 6) is -0.702. The summed E-state index contributed by atoms with van der Waals surface area (Å²) in [5.41, 5.74) is 5.28. The number of nitrogens with one attached hydrogen (secondary N) is 1. The average molecular weight is 500 g/mol. The highest BCUT2D eigenvalue weighted by Crippen LogP contribution is 2.36. The van der Waals surface area contributed by atoms with E-state index in [1.165, 1.54) is 18.3 Å². The molecule has 0 aliphatic carbocycles. The van der Waals surface area contributed by atoms with Crippen molar-refractivity contribution in [1.82, 2.24) is 4.98 Å². The highest BCUT2D eigenvalue weighted by Gasteiger charge is 2.33. The summed E-state index contributed by atoms with van der Waals surface area (Å²) in [7, 11) is 0. The quantitative estimate of drug-likeness (QED) is 0.348. The van der Waals surface area contributed by atoms with Gasteiger partial charge in [-0.15, -0.1) is 0 Å². The molecule has 4 rings (SSSR count). The van der Waals surface area contributed by atoms with E-state index >= 15 is 0 Å². The van der Waals surface area contributed by atoms with Crippen LogP contribution in [-0.4, -0.2) is 16.8 Å². The average Bonchev–Trinajstić information content (AvgIpc) is 2.82. The predicted octanol–water partition coefficient (Wildman–Crippen LogP) is 5.84. The van der Waals surface area contributed by atoms with Crippen LogP contribution in [0.2, 0.25) is 5.02 Å². The number of pyridine rings is 1. The number of carbonyl (C=O) groups is 2. The van der Waals surface area contributed by atoms with Crippen molar-refractivity contribution >= 4 is 39.9 Å². The first-order valence-corrected chi connectivity index (χ1v) is 10.6. The number of alkyl halides is 3. The van der Waals surface area contributed by atoms with Gasteiger partial charge in [0.05, 0.1) is 10.6 Å². The third-order valence-electron chi connectivity index (χ3n) is 5.11. The standard InChI is InChI=1S/C25H17ClF3N3O3/c26-21-7-4-16(12-20(21)25(27,28)29)32-24(34)19-3-1-2-15-11-17(5-6-18(15)19)35-13-14-8-9-31-22(10-14)23(30)33/h1-12H,13H2,(H2,30,33)(H,32,34). The van der Waals surface area contributed by atoms with E-state index in [0.29, 0.717) is 22.1 Å². The topological polar surface area (TPSA) is 94.3 Å². The zero-order valence-electron chi connectivity index (χ0n) is 17.9. The summed E-state index contributed by atoms with van der Waals surface area (Å²) in [6.07, 6.45) is -3.19. The van der Waals surface area contributed by atoms with E-state index in [4.69, 9.17) is 22.1 Å². The van der Waals surface area contributed by atoms with Gasteiger partial charge in [0.25, 0.3) is 11.8 Å². The minimum Gasteiger partial charge on any atom is -0.489 e. The monoisotopic (exact) mass is 499 g/mol. The minimum atomic E-state index is -4.65. The second-order valence-electron chi connectivity index (χ2n) is 7.54. The van der Waals surface area contributed by atoms with Crippen molar-refractivity contribution in [3.8, 4) is 5.75 Å². The first-order valence-electron chi connectivity index (χ1n) is 10.2. The van der Waals surface area contributed by atoms with Gasteiger partial charge in [-0.25, -0.2) is 0 Å². The molecule has 0 atom stereocenters.